The van der Waals surface area contributed by atoms with E-state index in [1.165, 1.54) is 10.6 Å². The van der Waals surface area contributed by atoms with Gasteiger partial charge in [0.15, 0.2) is 11.4 Å². The van der Waals surface area contributed by atoms with Crippen LogP contribution in [0.15, 0.2) is 47.1 Å². The highest BCUT2D eigenvalue weighted by Crippen LogP contribution is 2.23. The average Bonchev–Trinajstić information content (AvgIpc) is 3.67. The maximum absolute atomic E-state index is 14.9. The number of nitrogen functional groups attached to an aromatic ring is 1. The number of carbonyl (C=O) groups excluding carboxylic acids is 1. The van der Waals surface area contributed by atoms with E-state index in [4.69, 9.17) is 15.3 Å². The number of carbonyl (C=O) groups is 1. The molecule has 5 N–H and O–H groups in total. The Kier molecular flexibility index (Phi) is 8.91. The quantitative estimate of drug-likeness (QED) is 0.179. The zero-order valence-corrected chi connectivity index (χ0v) is 23.0. The average molecular weight is 567 g/mol. The van der Waals surface area contributed by atoms with Crippen molar-refractivity contribution in [1.82, 2.24) is 35.1 Å². The number of likely N-dealkylation sites (N-methyl/N-ethyl adjacent to an activating group) is 1. The van der Waals surface area contributed by atoms with Gasteiger partial charge < -0.3 is 35.7 Å². The van der Waals surface area contributed by atoms with Gasteiger partial charge in [0.05, 0.1) is 18.6 Å². The topological polar surface area (TPSA) is 153 Å². The van der Waals surface area contributed by atoms with Crippen LogP contribution in [0, 0.1) is 5.82 Å². The number of nitrogens with two attached hydrogens (primary N) is 1. The summed E-state index contributed by atoms with van der Waals surface area (Å²) in [6, 6.07) is 10.0. The molecule has 0 saturated carbocycles. The molecule has 14 heteroatoms. The number of hydrogen-bond acceptors (Lipinski definition) is 11. The van der Waals surface area contributed by atoms with Crippen LogP contribution in [0.5, 0.6) is 0 Å². The fourth-order valence-electron chi connectivity index (χ4n) is 4.69. The number of aliphatic hydroxyl groups is 1. The molecule has 1 amide bonds. The van der Waals surface area contributed by atoms with Crippen molar-refractivity contribution < 1.29 is 18.7 Å². The molecule has 13 nitrogen and oxygen atoms in total. The van der Waals surface area contributed by atoms with E-state index < -0.39 is 5.82 Å². The molecule has 1 aromatic carbocycles. The summed E-state index contributed by atoms with van der Waals surface area (Å²) in [6.45, 7) is 5.77. The van der Waals surface area contributed by atoms with Gasteiger partial charge in [-0.15, -0.1) is 0 Å². The zero-order chi connectivity index (χ0) is 28.8. The van der Waals surface area contributed by atoms with E-state index in [1.807, 2.05) is 29.0 Å². The Hall–Kier alpha value is -4.27. The van der Waals surface area contributed by atoms with Gasteiger partial charge in [0, 0.05) is 77.6 Å². The number of aromatic nitrogens is 4. The number of piperazine rings is 1. The number of amides is 1. The molecule has 0 atom stereocenters. The maximum atomic E-state index is 14.9. The molecule has 41 heavy (non-hydrogen) atoms. The number of aliphatic hydroxyl groups excluding tert-OH is 1. The van der Waals surface area contributed by atoms with E-state index in [0.29, 0.717) is 68.0 Å². The molecule has 0 aliphatic carbocycles. The largest absolute Gasteiger partial charge is 0.463 e. The van der Waals surface area contributed by atoms with E-state index in [-0.39, 0.29) is 24.0 Å². The maximum Gasteiger partial charge on any atom is 0.251 e. The number of halogens is 1. The van der Waals surface area contributed by atoms with Crippen LogP contribution in [0.1, 0.15) is 10.4 Å². The Labute approximate surface area is 236 Å². The minimum atomic E-state index is -0.413. The van der Waals surface area contributed by atoms with Crippen LogP contribution in [0.4, 0.5) is 22.0 Å². The minimum absolute atomic E-state index is 0.0366. The van der Waals surface area contributed by atoms with Crippen LogP contribution in [0.2, 0.25) is 0 Å². The summed E-state index contributed by atoms with van der Waals surface area (Å²) in [7, 11) is 1.92. The number of rotatable bonds is 12. The minimum Gasteiger partial charge on any atom is -0.463 e. The number of anilines is 3. The fourth-order valence-corrected chi connectivity index (χ4v) is 4.69. The highest BCUT2D eigenvalue weighted by atomic mass is 19.1. The third-order valence-corrected chi connectivity index (χ3v) is 7.00. The molecule has 0 radical (unpaired) electrons. The first-order valence-electron chi connectivity index (χ1n) is 13.6. The lowest BCUT2D eigenvalue weighted by Crippen LogP contribution is -2.48. The van der Waals surface area contributed by atoms with Crippen LogP contribution < -0.4 is 26.2 Å². The number of fused-ring (bicyclic) bond motifs is 1. The van der Waals surface area contributed by atoms with Gasteiger partial charge in [0.2, 0.25) is 11.9 Å². The summed E-state index contributed by atoms with van der Waals surface area (Å²) >= 11 is 0. The van der Waals surface area contributed by atoms with Gasteiger partial charge in [-0.3, -0.25) is 9.69 Å². The van der Waals surface area contributed by atoms with Crippen molar-refractivity contribution in [2.24, 2.45) is 0 Å². The van der Waals surface area contributed by atoms with Gasteiger partial charge in [-0.1, -0.05) is 0 Å². The van der Waals surface area contributed by atoms with E-state index >= 15 is 0 Å². The predicted octanol–water partition coefficient (Wildman–Crippen LogP) is 0.676. The molecule has 0 bridgehead atoms. The first-order valence-corrected chi connectivity index (χ1v) is 13.6. The van der Waals surface area contributed by atoms with Gasteiger partial charge in [-0.2, -0.15) is 19.6 Å². The monoisotopic (exact) mass is 566 g/mol. The summed E-state index contributed by atoms with van der Waals surface area (Å²) in [4.78, 5) is 27.6. The smallest absolute Gasteiger partial charge is 0.251 e. The van der Waals surface area contributed by atoms with Crippen molar-refractivity contribution in [3.63, 3.8) is 0 Å². The Balaban J connectivity index is 1.11. The van der Waals surface area contributed by atoms with Crippen molar-refractivity contribution in [3.8, 4) is 11.5 Å². The normalized spacial score (nSPS) is 14.1. The second-order valence-electron chi connectivity index (χ2n) is 9.80. The van der Waals surface area contributed by atoms with Gasteiger partial charge >= 0.3 is 0 Å². The van der Waals surface area contributed by atoms with E-state index in [0.717, 1.165) is 19.6 Å². The lowest BCUT2D eigenvalue weighted by molar-refractivity contribution is 0.0953. The summed E-state index contributed by atoms with van der Waals surface area (Å²) in [6.07, 6.45) is 1.59. The molecule has 218 valence electrons. The van der Waals surface area contributed by atoms with Crippen molar-refractivity contribution >= 4 is 29.1 Å². The molecule has 0 spiro atoms. The molecule has 3 aromatic heterocycles. The van der Waals surface area contributed by atoms with Crippen LogP contribution in [-0.2, 0) is 0 Å². The number of nitrogens with one attached hydrogen (secondary N) is 2. The molecule has 5 rings (SSSR count). The summed E-state index contributed by atoms with van der Waals surface area (Å²) < 4.78 is 21.8. The Bertz CT molecular complexity index is 1450. The van der Waals surface area contributed by atoms with Gasteiger partial charge in [0.25, 0.3) is 5.91 Å². The van der Waals surface area contributed by atoms with Crippen LogP contribution in [-0.4, -0.2) is 108 Å². The third-order valence-electron chi connectivity index (χ3n) is 7.00. The van der Waals surface area contributed by atoms with E-state index in [9.17, 15) is 9.18 Å². The summed E-state index contributed by atoms with van der Waals surface area (Å²) in [5, 5.41) is 18.9. The zero-order valence-electron chi connectivity index (χ0n) is 23.0. The highest BCUT2D eigenvalue weighted by molar-refractivity contribution is 5.94. The molecule has 4 aromatic rings. The van der Waals surface area contributed by atoms with Gasteiger partial charge in [-0.25, -0.2) is 4.39 Å². The first-order chi connectivity index (χ1) is 19.9. The van der Waals surface area contributed by atoms with Crippen LogP contribution in [0.3, 0.4) is 0 Å². The number of benzene rings is 1. The Morgan fingerprint density at radius 1 is 1.15 bits per heavy atom. The molecule has 1 aliphatic heterocycles. The second-order valence-corrected chi connectivity index (χ2v) is 9.80. The standard InChI is InChI=1S/C27H35FN10O3/c1-35(27-32-24-18-21(23-3-2-16-41-23)34-38(24)26(29)33-27)9-10-36-11-13-37(14-12-36)22-5-4-19(17-20(22)28)25(40)31-7-6-30-8-15-39/h2-5,16-18,30,39H,6-15H2,1H3,(H,31,40)(H2,29,32,33). The molecular formula is C27H35FN10O3. The summed E-state index contributed by atoms with van der Waals surface area (Å²) in [5.41, 5.74) is 8.15. The van der Waals surface area contributed by atoms with E-state index in [2.05, 4.69) is 30.6 Å². The van der Waals surface area contributed by atoms with Gasteiger partial charge in [-0.05, 0) is 30.3 Å². The number of furan rings is 1. The molecule has 4 heterocycles. The Morgan fingerprint density at radius 2 is 1.98 bits per heavy atom. The van der Waals surface area contributed by atoms with Crippen molar-refractivity contribution in [1.29, 1.82) is 0 Å². The van der Waals surface area contributed by atoms with Crippen LogP contribution >= 0.6 is 0 Å². The first kappa shape index (κ1) is 28.3. The van der Waals surface area contributed by atoms with Crippen molar-refractivity contribution in [2.45, 2.75) is 0 Å². The second kappa shape index (κ2) is 12.9. The fraction of sp³-hybridized carbons (Fsp3) is 0.407. The SMILES string of the molecule is CN(CCN1CCN(c2ccc(C(=O)NCCNCCO)cc2F)CC1)c1nc(N)n2nc(-c3ccco3)cc2n1. The highest BCUT2D eigenvalue weighted by Gasteiger charge is 2.21. The lowest BCUT2D eigenvalue weighted by atomic mass is 10.1. The molecule has 1 aliphatic rings. The lowest BCUT2D eigenvalue weighted by Gasteiger charge is -2.36. The summed E-state index contributed by atoms with van der Waals surface area (Å²) in [5.74, 6) is 0.635. The number of hydrogen-bond donors (Lipinski definition) is 4. The van der Waals surface area contributed by atoms with Gasteiger partial charge in [0.1, 0.15) is 11.5 Å². The van der Waals surface area contributed by atoms with Crippen molar-refractivity contribution in [3.05, 3.63) is 54.0 Å². The molecule has 1 saturated heterocycles. The van der Waals surface area contributed by atoms with Crippen LogP contribution in [0.25, 0.3) is 17.1 Å². The molecule has 0 unspecified atom stereocenters. The Morgan fingerprint density at radius 3 is 2.71 bits per heavy atom. The van der Waals surface area contributed by atoms with E-state index in [1.54, 1.807) is 24.5 Å². The molecule has 1 fully saturated rings. The predicted molar refractivity (Wildman–Crippen MR) is 154 cm³/mol. The van der Waals surface area contributed by atoms with Crippen molar-refractivity contribution in [2.75, 3.05) is 88.1 Å². The number of nitrogens with zero attached hydrogens (tertiary/aromatic N) is 7. The molecular weight excluding hydrogens is 531 g/mol. The third kappa shape index (κ3) is 6.73.